The van der Waals surface area contributed by atoms with E-state index in [1.165, 1.54) is 0 Å². The lowest BCUT2D eigenvalue weighted by Crippen LogP contribution is -2.18. The maximum absolute atomic E-state index is 11.5. The Kier molecular flexibility index (Phi) is 1.42. The molecular formula is C4HF2N2O. The summed E-state index contributed by atoms with van der Waals surface area (Å²) in [6.07, 6.45) is 1.77. The average Bonchev–Trinajstić information content (AvgIpc) is 2.14. The van der Waals surface area contributed by atoms with Gasteiger partial charge in [0, 0.05) is 0 Å². The Morgan fingerprint density at radius 1 is 1.67 bits per heavy atom. The Morgan fingerprint density at radius 2 is 2.33 bits per heavy atom. The highest BCUT2D eigenvalue weighted by Crippen LogP contribution is 2.09. The van der Waals surface area contributed by atoms with E-state index in [1.807, 2.05) is 0 Å². The summed E-state index contributed by atoms with van der Waals surface area (Å²) in [6, 6.07) is 0. The van der Waals surface area contributed by atoms with E-state index in [1.54, 1.807) is 12.8 Å². The Bertz CT molecular complexity index is 157. The predicted octanol–water partition coefficient (Wildman–Crippen LogP) is -0.00471. The largest absolute Gasteiger partial charge is 0.330 e. The molecule has 1 aliphatic heterocycles. The summed E-state index contributed by atoms with van der Waals surface area (Å²) in [4.78, 5) is 10.1. The van der Waals surface area contributed by atoms with Gasteiger partial charge in [0.25, 0.3) is 0 Å². The van der Waals surface area contributed by atoms with E-state index < -0.39 is 12.3 Å². The maximum atomic E-state index is 11.5. The van der Waals surface area contributed by atoms with Crippen molar-refractivity contribution in [3.8, 4) is 0 Å². The minimum Gasteiger partial charge on any atom is -0.289 e. The van der Waals surface area contributed by atoms with Crippen LogP contribution >= 0.6 is 0 Å². The minimum absolute atomic E-state index is 0.127. The second-order valence-electron chi connectivity index (χ2n) is 1.27. The van der Waals surface area contributed by atoms with Crippen LogP contribution in [-0.2, 0) is 4.79 Å². The monoisotopic (exact) mass is 131 g/mol. The second-order valence-corrected chi connectivity index (χ2v) is 1.27. The van der Waals surface area contributed by atoms with Crippen LogP contribution in [0.25, 0.3) is 0 Å². The molecule has 0 unspecified atom stereocenters. The number of hydrogen-bond acceptors (Lipinski definition) is 3. The predicted molar refractivity (Wildman–Crippen MR) is 23.5 cm³/mol. The molecule has 1 rings (SSSR count). The van der Waals surface area contributed by atoms with Crippen molar-refractivity contribution >= 4 is 12.0 Å². The number of ketones is 1. The molecule has 47 valence electrons. The molecule has 0 aromatic rings. The van der Waals surface area contributed by atoms with Crippen molar-refractivity contribution < 1.29 is 13.6 Å². The van der Waals surface area contributed by atoms with Crippen molar-refractivity contribution in [2.24, 2.45) is 5.10 Å². The summed E-state index contributed by atoms with van der Waals surface area (Å²) >= 11 is 0. The fourth-order valence-electron chi connectivity index (χ4n) is 0.346. The summed E-state index contributed by atoms with van der Waals surface area (Å²) in [7, 11) is 0. The van der Waals surface area contributed by atoms with Crippen LogP contribution in [0.15, 0.2) is 5.10 Å². The Balaban J connectivity index is 2.50. The van der Waals surface area contributed by atoms with Gasteiger partial charge in [-0.25, -0.2) is 5.01 Å². The zero-order chi connectivity index (χ0) is 6.85. The number of halogens is 2. The normalized spacial score (nSPS) is 18.1. The fraction of sp³-hybridized carbons (Fsp3) is 0.250. The zero-order valence-corrected chi connectivity index (χ0v) is 4.14. The highest BCUT2D eigenvalue weighted by molar-refractivity contribution is 6.32. The van der Waals surface area contributed by atoms with Gasteiger partial charge in [-0.1, -0.05) is 0 Å². The molecule has 1 heterocycles. The molecule has 0 fully saturated rings. The van der Waals surface area contributed by atoms with Crippen LogP contribution in [0.2, 0.25) is 0 Å². The van der Waals surface area contributed by atoms with E-state index >= 15 is 0 Å². The first-order valence-corrected chi connectivity index (χ1v) is 2.05. The lowest BCUT2D eigenvalue weighted by Gasteiger charge is -2.06. The van der Waals surface area contributed by atoms with Crippen LogP contribution in [0.3, 0.4) is 0 Å². The zero-order valence-electron chi connectivity index (χ0n) is 4.14. The molecule has 0 bridgehead atoms. The van der Waals surface area contributed by atoms with Gasteiger partial charge in [0.15, 0.2) is 12.8 Å². The van der Waals surface area contributed by atoms with Gasteiger partial charge in [-0.3, -0.25) is 4.79 Å². The van der Waals surface area contributed by atoms with E-state index in [0.717, 1.165) is 0 Å². The van der Waals surface area contributed by atoms with Crippen molar-refractivity contribution in [2.75, 3.05) is 0 Å². The van der Waals surface area contributed by atoms with Crippen molar-refractivity contribution in [3.63, 3.8) is 0 Å². The molecule has 9 heavy (non-hydrogen) atoms. The third-order valence-corrected chi connectivity index (χ3v) is 0.660. The lowest BCUT2D eigenvalue weighted by molar-refractivity contribution is -0.112. The number of Topliss-reactive ketones (excluding diaryl/α,β-unsaturated/α-hetero) is 1. The molecule has 0 aliphatic carbocycles. The fourth-order valence-corrected chi connectivity index (χ4v) is 0.346. The summed E-state index contributed by atoms with van der Waals surface area (Å²) in [5.41, 5.74) is 0. The summed E-state index contributed by atoms with van der Waals surface area (Å²) < 4.78 is 23.0. The molecule has 0 atom stereocenters. The van der Waals surface area contributed by atoms with E-state index in [4.69, 9.17) is 0 Å². The lowest BCUT2D eigenvalue weighted by atomic mass is 10.4. The molecule has 0 amide bonds. The quantitative estimate of drug-likeness (QED) is 0.469. The number of rotatable bonds is 1. The molecule has 0 aromatic carbocycles. The van der Waals surface area contributed by atoms with E-state index in [-0.39, 0.29) is 5.01 Å². The summed E-state index contributed by atoms with van der Waals surface area (Å²) in [5.74, 6) is -0.754. The Hall–Kier alpha value is -1.00. The number of hydrazone groups is 1. The molecular weight excluding hydrogens is 130 g/mol. The molecule has 0 saturated heterocycles. The van der Waals surface area contributed by atoms with Crippen molar-refractivity contribution in [1.29, 1.82) is 0 Å². The SMILES string of the molecule is O=C1[C]N(C(F)F)N=[C]1. The van der Waals surface area contributed by atoms with Crippen LogP contribution in [0, 0.1) is 6.54 Å². The standard InChI is InChI=1S/C4HF2N2O/c5-4(6)8-2-3(9)1-7-8/h4H. The first-order valence-electron chi connectivity index (χ1n) is 2.05. The maximum Gasteiger partial charge on any atom is 0.330 e. The van der Waals surface area contributed by atoms with Crippen LogP contribution in [0.5, 0.6) is 0 Å². The highest BCUT2D eigenvalue weighted by atomic mass is 19.3. The molecule has 0 saturated carbocycles. The van der Waals surface area contributed by atoms with Crippen LogP contribution in [0.4, 0.5) is 8.78 Å². The van der Waals surface area contributed by atoms with E-state index in [2.05, 4.69) is 5.10 Å². The average molecular weight is 131 g/mol. The summed E-state index contributed by atoms with van der Waals surface area (Å²) in [5, 5.41) is 3.02. The smallest absolute Gasteiger partial charge is 0.289 e. The van der Waals surface area contributed by atoms with Gasteiger partial charge in [-0.2, -0.15) is 13.9 Å². The van der Waals surface area contributed by atoms with E-state index in [0.29, 0.717) is 0 Å². The van der Waals surface area contributed by atoms with Gasteiger partial charge >= 0.3 is 6.55 Å². The summed E-state index contributed by atoms with van der Waals surface area (Å²) in [6.45, 7) is -1.08. The first-order chi connectivity index (χ1) is 4.20. The molecule has 3 nitrogen and oxygen atoms in total. The number of alkyl halides is 2. The van der Waals surface area contributed by atoms with Crippen molar-refractivity contribution in [1.82, 2.24) is 5.01 Å². The number of hydrogen-bond donors (Lipinski definition) is 0. The molecule has 0 spiro atoms. The number of nitrogens with zero attached hydrogens (tertiary/aromatic N) is 2. The van der Waals surface area contributed by atoms with Gasteiger partial charge in [0.1, 0.15) is 0 Å². The van der Waals surface area contributed by atoms with Crippen molar-refractivity contribution in [2.45, 2.75) is 6.55 Å². The topological polar surface area (TPSA) is 32.7 Å². The van der Waals surface area contributed by atoms with Crippen molar-refractivity contribution in [3.05, 3.63) is 6.54 Å². The van der Waals surface area contributed by atoms with Crippen LogP contribution < -0.4 is 0 Å². The van der Waals surface area contributed by atoms with Gasteiger partial charge in [0.2, 0.25) is 5.78 Å². The second kappa shape index (κ2) is 2.08. The molecule has 0 N–H and O–H groups in total. The number of carbonyl (C=O) groups is 1. The van der Waals surface area contributed by atoms with Crippen LogP contribution in [0.1, 0.15) is 0 Å². The third kappa shape index (κ3) is 1.22. The molecule has 5 heteroatoms. The number of carbonyl (C=O) groups excluding carboxylic acids is 1. The Labute approximate surface area is 49.9 Å². The van der Waals surface area contributed by atoms with Gasteiger partial charge < -0.3 is 0 Å². The minimum atomic E-state index is -2.80. The van der Waals surface area contributed by atoms with Crippen LogP contribution in [-0.4, -0.2) is 23.6 Å². The third-order valence-electron chi connectivity index (χ3n) is 0.660. The van der Waals surface area contributed by atoms with E-state index in [9.17, 15) is 13.6 Å². The first kappa shape index (κ1) is 6.12. The molecule has 3 radical (unpaired) electrons. The van der Waals surface area contributed by atoms with Gasteiger partial charge in [0.05, 0.1) is 0 Å². The van der Waals surface area contributed by atoms with Gasteiger partial charge in [-0.15, -0.1) is 0 Å². The molecule has 1 aliphatic rings. The highest BCUT2D eigenvalue weighted by Gasteiger charge is 2.23. The molecule has 0 aromatic heterocycles. The Morgan fingerprint density at radius 3 is 2.56 bits per heavy atom. The van der Waals surface area contributed by atoms with Gasteiger partial charge in [-0.05, 0) is 0 Å².